The number of esters is 1. The van der Waals surface area contributed by atoms with E-state index in [0.717, 1.165) is 12.0 Å². The van der Waals surface area contributed by atoms with E-state index in [9.17, 15) is 31.5 Å². The minimum absolute atomic E-state index is 0.182. The van der Waals surface area contributed by atoms with Crippen LogP contribution < -0.4 is 15.0 Å². The van der Waals surface area contributed by atoms with Crippen LogP contribution >= 0.6 is 0 Å². The number of rotatable bonds is 9. The number of halogens is 5. The van der Waals surface area contributed by atoms with Crippen LogP contribution in [0, 0.1) is 36.0 Å². The number of aryl methyl sites for hydroxylation is 2. The second-order valence-electron chi connectivity index (χ2n) is 9.85. The summed E-state index contributed by atoms with van der Waals surface area (Å²) in [6.45, 7) is 5.95. The maximum absolute atomic E-state index is 13.9. The highest BCUT2D eigenvalue weighted by molar-refractivity contribution is 5.91. The number of H-pyrrole nitrogens is 1. The van der Waals surface area contributed by atoms with E-state index in [1.165, 1.54) is 12.1 Å². The van der Waals surface area contributed by atoms with Crippen molar-refractivity contribution in [2.24, 2.45) is 0 Å². The minimum Gasteiger partial charge on any atom is -0.493 e. The average Bonchev–Trinajstić information content (AvgIpc) is 3.33. The summed E-state index contributed by atoms with van der Waals surface area (Å²) in [7, 11) is 0. The second kappa shape index (κ2) is 12.3. The van der Waals surface area contributed by atoms with Gasteiger partial charge in [-0.1, -0.05) is 25.1 Å². The first kappa shape index (κ1) is 30.4. The molecule has 0 amide bonds. The summed E-state index contributed by atoms with van der Waals surface area (Å²) in [4.78, 5) is 32.8. The Balaban J connectivity index is 1.42. The van der Waals surface area contributed by atoms with Gasteiger partial charge in [0.05, 0.1) is 23.4 Å². The molecule has 13 heteroatoms. The van der Waals surface area contributed by atoms with E-state index in [1.807, 2.05) is 26.0 Å². The fourth-order valence-electron chi connectivity index (χ4n) is 4.72. The smallest absolute Gasteiger partial charge is 0.343 e. The molecule has 0 spiro atoms. The van der Waals surface area contributed by atoms with Gasteiger partial charge in [-0.3, -0.25) is 4.79 Å². The summed E-state index contributed by atoms with van der Waals surface area (Å²) >= 11 is 0. The van der Waals surface area contributed by atoms with Crippen molar-refractivity contribution in [2.45, 2.75) is 40.0 Å². The zero-order chi connectivity index (χ0) is 31.7. The van der Waals surface area contributed by atoms with Crippen LogP contribution in [0.5, 0.6) is 11.5 Å². The lowest BCUT2D eigenvalue weighted by molar-refractivity contribution is 0.0716. The van der Waals surface area contributed by atoms with Crippen LogP contribution in [0.2, 0.25) is 0 Å². The Labute approximate surface area is 247 Å². The van der Waals surface area contributed by atoms with Gasteiger partial charge in [-0.25, -0.2) is 27.5 Å². The summed E-state index contributed by atoms with van der Waals surface area (Å²) in [6, 6.07) is 11.1. The molecule has 0 saturated heterocycles. The first-order valence-electron chi connectivity index (χ1n) is 13.6. The Morgan fingerprint density at radius 2 is 1.55 bits per heavy atom. The summed E-state index contributed by atoms with van der Waals surface area (Å²) in [5, 5.41) is 4.68. The zero-order valence-electron chi connectivity index (χ0n) is 23.7. The lowest BCUT2D eigenvalue weighted by Crippen LogP contribution is -2.16. The van der Waals surface area contributed by atoms with Gasteiger partial charge in [0.1, 0.15) is 11.6 Å². The summed E-state index contributed by atoms with van der Waals surface area (Å²) < 4.78 is 80.0. The number of hydrogen-bond donors (Lipinski definition) is 1. The number of carbonyl (C=O) groups is 1. The van der Waals surface area contributed by atoms with Gasteiger partial charge in [0.15, 0.2) is 11.3 Å². The number of imidazole rings is 1. The average molecular weight is 613 g/mol. The van der Waals surface area contributed by atoms with Gasteiger partial charge in [-0.2, -0.15) is 8.78 Å². The molecule has 2 aromatic heterocycles. The Morgan fingerprint density at radius 1 is 0.909 bits per heavy atom. The number of aromatic amines is 1. The van der Waals surface area contributed by atoms with Crippen LogP contribution in [0.25, 0.3) is 16.9 Å². The van der Waals surface area contributed by atoms with Crippen molar-refractivity contribution in [3.8, 4) is 22.9 Å². The third-order valence-corrected chi connectivity index (χ3v) is 6.78. The highest BCUT2D eigenvalue weighted by atomic mass is 19.2. The molecule has 0 aliphatic heterocycles. The Morgan fingerprint density at radius 3 is 2.18 bits per heavy atom. The number of hydrogen-bond acceptors (Lipinski definition) is 6. The Kier molecular flexibility index (Phi) is 8.47. The second-order valence-corrected chi connectivity index (χ2v) is 9.85. The number of ether oxygens (including phenoxy) is 2. The third-order valence-electron chi connectivity index (χ3n) is 6.78. The van der Waals surface area contributed by atoms with Crippen LogP contribution in [0.1, 0.15) is 53.3 Å². The Bertz CT molecular complexity index is 1930. The molecule has 5 rings (SSSR count). The van der Waals surface area contributed by atoms with Crippen molar-refractivity contribution in [1.82, 2.24) is 19.6 Å². The van der Waals surface area contributed by atoms with E-state index >= 15 is 0 Å². The quantitative estimate of drug-likeness (QED) is 0.0695. The van der Waals surface area contributed by atoms with Gasteiger partial charge in [0.25, 0.3) is 5.56 Å². The molecule has 5 aromatic rings. The maximum Gasteiger partial charge on any atom is 0.343 e. The van der Waals surface area contributed by atoms with E-state index in [0.29, 0.717) is 53.4 Å². The van der Waals surface area contributed by atoms with E-state index in [-0.39, 0.29) is 16.9 Å². The number of carbonyl (C=O) groups excluding carboxylic acids is 1. The lowest BCUT2D eigenvalue weighted by Gasteiger charge is -2.13. The molecular formula is C31H25F5N4O4. The van der Waals surface area contributed by atoms with E-state index in [1.54, 1.807) is 29.6 Å². The molecule has 0 atom stereocenters. The van der Waals surface area contributed by atoms with Gasteiger partial charge < -0.3 is 14.5 Å². The van der Waals surface area contributed by atoms with Gasteiger partial charge in [-0.05, 0) is 62.1 Å². The van der Waals surface area contributed by atoms with E-state index in [4.69, 9.17) is 4.74 Å². The van der Waals surface area contributed by atoms with Crippen LogP contribution in [0.3, 0.4) is 0 Å². The van der Waals surface area contributed by atoms with E-state index in [2.05, 4.69) is 19.8 Å². The van der Waals surface area contributed by atoms with Crippen molar-refractivity contribution >= 4 is 11.5 Å². The summed E-state index contributed by atoms with van der Waals surface area (Å²) in [5.74, 6) is -12.9. The molecule has 0 radical (unpaired) electrons. The van der Waals surface area contributed by atoms with Crippen LogP contribution in [-0.2, 0) is 12.8 Å². The monoisotopic (exact) mass is 612 g/mol. The Hall–Kier alpha value is -5.07. The largest absolute Gasteiger partial charge is 0.493 e. The van der Waals surface area contributed by atoms with Gasteiger partial charge in [0.2, 0.25) is 34.8 Å². The molecular weight excluding hydrogens is 587 g/mol. The van der Waals surface area contributed by atoms with Crippen LogP contribution in [0.15, 0.2) is 47.3 Å². The normalized spacial score (nSPS) is 11.3. The minimum atomic E-state index is -2.36. The van der Waals surface area contributed by atoms with Gasteiger partial charge >= 0.3 is 5.97 Å². The molecule has 0 fully saturated rings. The first-order chi connectivity index (χ1) is 21.0. The van der Waals surface area contributed by atoms with Crippen molar-refractivity contribution in [2.75, 3.05) is 6.61 Å². The first-order valence-corrected chi connectivity index (χ1v) is 13.6. The number of nitrogens with one attached hydrogen (secondary N) is 1. The predicted molar refractivity (Wildman–Crippen MR) is 149 cm³/mol. The predicted octanol–water partition coefficient (Wildman–Crippen LogP) is 6.25. The van der Waals surface area contributed by atoms with Crippen LogP contribution in [-0.4, -0.2) is 32.2 Å². The topological polar surface area (TPSA) is 98.6 Å². The molecule has 0 aliphatic rings. The maximum atomic E-state index is 13.9. The highest BCUT2D eigenvalue weighted by Gasteiger charge is 2.29. The number of benzene rings is 3. The SMILES string of the molecule is CCCc1nc(C)c2c(=O)[nH]c(-c3cc(Cc4ccc(C(=O)Oc5c(F)c(F)c(F)c(F)c5F)cc4)ccc3OCC)nn12. The van der Waals surface area contributed by atoms with Crippen molar-refractivity contribution < 1.29 is 36.2 Å². The van der Waals surface area contributed by atoms with Crippen molar-refractivity contribution in [3.63, 3.8) is 0 Å². The van der Waals surface area contributed by atoms with Crippen LogP contribution in [0.4, 0.5) is 22.0 Å². The fourth-order valence-corrected chi connectivity index (χ4v) is 4.72. The summed E-state index contributed by atoms with van der Waals surface area (Å²) in [6.07, 6.45) is 1.80. The van der Waals surface area contributed by atoms with Crippen molar-refractivity contribution in [1.29, 1.82) is 0 Å². The number of aromatic nitrogens is 4. The molecule has 8 nitrogen and oxygen atoms in total. The molecule has 44 heavy (non-hydrogen) atoms. The molecule has 2 heterocycles. The molecule has 0 unspecified atom stereocenters. The molecule has 0 bridgehead atoms. The highest BCUT2D eigenvalue weighted by Crippen LogP contribution is 2.31. The number of fused-ring (bicyclic) bond motifs is 1. The molecule has 0 saturated carbocycles. The third kappa shape index (κ3) is 5.64. The lowest BCUT2D eigenvalue weighted by atomic mass is 10.0. The molecule has 3 aromatic carbocycles. The molecule has 1 N–H and O–H groups in total. The fraction of sp³-hybridized carbons (Fsp3) is 0.226. The van der Waals surface area contributed by atoms with Gasteiger partial charge in [-0.15, -0.1) is 5.10 Å². The molecule has 0 aliphatic carbocycles. The zero-order valence-corrected chi connectivity index (χ0v) is 23.7. The molecule has 228 valence electrons. The summed E-state index contributed by atoms with van der Waals surface area (Å²) in [5.41, 5.74) is 2.46. The van der Waals surface area contributed by atoms with E-state index < -0.39 is 40.8 Å². The van der Waals surface area contributed by atoms with Crippen molar-refractivity contribution in [3.05, 3.63) is 110 Å². The standard InChI is InChI=1S/C31H25F5N4O4/c1-4-6-21-37-15(3)27-30(41)38-29(39-40(21)27)19-14-17(9-12-20(19)43-5-2)13-16-7-10-18(11-8-16)31(42)44-28-25(35)23(33)22(32)24(34)26(28)36/h7-12,14H,4-6,13H2,1-3H3,(H,38,39,41). The van der Waals surface area contributed by atoms with Gasteiger partial charge in [0, 0.05) is 6.42 Å². The number of nitrogens with zero attached hydrogens (tertiary/aromatic N) is 3.